The van der Waals surface area contributed by atoms with E-state index < -0.39 is 6.10 Å². The molecule has 1 atom stereocenters. The van der Waals surface area contributed by atoms with E-state index in [2.05, 4.69) is 81.5 Å². The Labute approximate surface area is 345 Å². The van der Waals surface area contributed by atoms with E-state index in [1.54, 1.807) is 0 Å². The number of carbonyl (C=O) groups is 3. The summed E-state index contributed by atoms with van der Waals surface area (Å²) in [6.07, 6.45) is 53.4. The summed E-state index contributed by atoms with van der Waals surface area (Å²) in [5.74, 6) is -0.932. The maximum absolute atomic E-state index is 12.7. The zero-order valence-electron chi connectivity index (χ0n) is 36.6. The quantitative estimate of drug-likeness (QED) is 0.0266. The summed E-state index contributed by atoms with van der Waals surface area (Å²) in [6.45, 7) is 6.44. The molecular formula is C50H86O6. The van der Waals surface area contributed by atoms with E-state index in [1.807, 2.05) is 0 Å². The van der Waals surface area contributed by atoms with Crippen molar-refractivity contribution >= 4 is 17.9 Å². The molecule has 1 unspecified atom stereocenters. The number of esters is 3. The zero-order chi connectivity index (χ0) is 40.8. The molecule has 0 rings (SSSR count). The molecular weight excluding hydrogens is 697 g/mol. The van der Waals surface area contributed by atoms with E-state index in [1.165, 1.54) is 57.8 Å². The van der Waals surface area contributed by atoms with Crippen molar-refractivity contribution in [3.63, 3.8) is 0 Å². The van der Waals surface area contributed by atoms with Crippen molar-refractivity contribution in [1.29, 1.82) is 0 Å². The van der Waals surface area contributed by atoms with Gasteiger partial charge in [-0.25, -0.2) is 0 Å². The lowest BCUT2D eigenvalue weighted by atomic mass is 10.1. The normalized spacial score (nSPS) is 12.6. The first-order chi connectivity index (χ1) is 27.5. The lowest BCUT2D eigenvalue weighted by Crippen LogP contribution is -2.30. The Kier molecular flexibility index (Phi) is 42.5. The van der Waals surface area contributed by atoms with Gasteiger partial charge in [-0.05, 0) is 96.3 Å². The van der Waals surface area contributed by atoms with Crippen LogP contribution in [0.1, 0.15) is 220 Å². The number of allylic oxidation sites excluding steroid dienone is 10. The van der Waals surface area contributed by atoms with Crippen LogP contribution >= 0.6 is 0 Å². The van der Waals surface area contributed by atoms with Crippen LogP contribution < -0.4 is 0 Å². The Balaban J connectivity index is 4.42. The number of rotatable bonds is 41. The van der Waals surface area contributed by atoms with Gasteiger partial charge in [0.15, 0.2) is 6.10 Å². The minimum atomic E-state index is -0.788. The first-order valence-corrected chi connectivity index (χ1v) is 23.3. The lowest BCUT2D eigenvalue weighted by molar-refractivity contribution is -0.167. The number of unbranched alkanes of at least 4 members (excludes halogenated alkanes) is 20. The van der Waals surface area contributed by atoms with E-state index in [0.29, 0.717) is 19.3 Å². The van der Waals surface area contributed by atoms with Crippen LogP contribution in [0.25, 0.3) is 0 Å². The standard InChI is InChI=1S/C50H86O6/c1-4-7-10-13-16-19-22-24-25-27-28-31-34-37-40-43-49(52)55-46-47(45-54-48(51)42-39-36-33-30-21-18-15-12-9-6-3)56-50(53)44-41-38-35-32-29-26-23-20-17-14-11-8-5-2/h11-12,14-16,19-20,23-25,47H,4-10,13,17-18,21-22,26-46H2,1-3H3/b14-11-,15-12-,19-16-,23-20-,25-24-. The molecule has 0 aromatic carbocycles. The highest BCUT2D eigenvalue weighted by Crippen LogP contribution is 2.13. The highest BCUT2D eigenvalue weighted by Gasteiger charge is 2.19. The number of hydrogen-bond acceptors (Lipinski definition) is 6. The van der Waals surface area contributed by atoms with E-state index in [0.717, 1.165) is 122 Å². The van der Waals surface area contributed by atoms with Gasteiger partial charge in [0.1, 0.15) is 13.2 Å². The average Bonchev–Trinajstić information content (AvgIpc) is 3.19. The third-order valence-electron chi connectivity index (χ3n) is 9.68. The second-order valence-electron chi connectivity index (χ2n) is 15.3. The second kappa shape index (κ2) is 44.8. The van der Waals surface area contributed by atoms with Crippen LogP contribution in [0.2, 0.25) is 0 Å². The molecule has 6 heteroatoms. The molecule has 0 aromatic rings. The lowest BCUT2D eigenvalue weighted by Gasteiger charge is -2.18. The second-order valence-corrected chi connectivity index (χ2v) is 15.3. The van der Waals surface area contributed by atoms with Crippen molar-refractivity contribution in [3.05, 3.63) is 60.8 Å². The molecule has 0 saturated carbocycles. The smallest absolute Gasteiger partial charge is 0.306 e. The van der Waals surface area contributed by atoms with Gasteiger partial charge in [0.05, 0.1) is 0 Å². The average molecular weight is 783 g/mol. The topological polar surface area (TPSA) is 78.9 Å². The molecule has 0 bridgehead atoms. The van der Waals surface area contributed by atoms with Gasteiger partial charge in [-0.1, -0.05) is 165 Å². The molecule has 0 aliphatic rings. The van der Waals surface area contributed by atoms with Gasteiger partial charge >= 0.3 is 17.9 Å². The van der Waals surface area contributed by atoms with Gasteiger partial charge in [0.2, 0.25) is 0 Å². The molecule has 0 saturated heterocycles. The Hall–Kier alpha value is -2.89. The van der Waals surface area contributed by atoms with Crippen molar-refractivity contribution in [2.45, 2.75) is 226 Å². The molecule has 322 valence electrons. The first kappa shape index (κ1) is 53.1. The third-order valence-corrected chi connectivity index (χ3v) is 9.68. The van der Waals surface area contributed by atoms with Crippen LogP contribution in [0.15, 0.2) is 60.8 Å². The maximum atomic E-state index is 12.7. The summed E-state index contributed by atoms with van der Waals surface area (Å²) in [5, 5.41) is 0. The highest BCUT2D eigenvalue weighted by molar-refractivity contribution is 5.71. The van der Waals surface area contributed by atoms with Gasteiger partial charge in [0, 0.05) is 19.3 Å². The highest BCUT2D eigenvalue weighted by atomic mass is 16.6. The summed E-state index contributed by atoms with van der Waals surface area (Å²) in [6, 6.07) is 0. The zero-order valence-corrected chi connectivity index (χ0v) is 36.6. The summed E-state index contributed by atoms with van der Waals surface area (Å²) in [4.78, 5) is 37.7. The molecule has 0 N–H and O–H groups in total. The van der Waals surface area contributed by atoms with Crippen molar-refractivity contribution in [2.24, 2.45) is 0 Å². The molecule has 6 nitrogen and oxygen atoms in total. The van der Waals surface area contributed by atoms with Crippen LogP contribution in [0.4, 0.5) is 0 Å². The van der Waals surface area contributed by atoms with Crippen molar-refractivity contribution < 1.29 is 28.6 Å². The monoisotopic (exact) mass is 783 g/mol. The van der Waals surface area contributed by atoms with Gasteiger partial charge in [-0.15, -0.1) is 0 Å². The Morgan fingerprint density at radius 2 is 0.679 bits per heavy atom. The maximum Gasteiger partial charge on any atom is 0.306 e. The molecule has 0 aliphatic carbocycles. The predicted octanol–water partition coefficient (Wildman–Crippen LogP) is 14.9. The summed E-state index contributed by atoms with van der Waals surface area (Å²) >= 11 is 0. The van der Waals surface area contributed by atoms with Gasteiger partial charge < -0.3 is 14.2 Å². The molecule has 0 spiro atoms. The number of hydrogen-bond donors (Lipinski definition) is 0. The minimum absolute atomic E-state index is 0.0897. The van der Waals surface area contributed by atoms with E-state index in [9.17, 15) is 14.4 Å². The molecule has 0 heterocycles. The molecule has 0 radical (unpaired) electrons. The van der Waals surface area contributed by atoms with E-state index >= 15 is 0 Å². The SMILES string of the molecule is CCC/C=C\C/C=C\CCCCCCCC(=O)OC(COC(=O)CCCCCCC/C=C\C/C=C\CCCCC)COC(=O)CCCCCCC/C=C\CCC. The Morgan fingerprint density at radius 1 is 0.357 bits per heavy atom. The predicted molar refractivity (Wildman–Crippen MR) is 238 cm³/mol. The van der Waals surface area contributed by atoms with Crippen LogP contribution in [-0.4, -0.2) is 37.2 Å². The summed E-state index contributed by atoms with van der Waals surface area (Å²) in [5.41, 5.74) is 0. The van der Waals surface area contributed by atoms with Crippen molar-refractivity contribution in [3.8, 4) is 0 Å². The van der Waals surface area contributed by atoms with Crippen LogP contribution in [0.5, 0.6) is 0 Å². The summed E-state index contributed by atoms with van der Waals surface area (Å²) < 4.78 is 16.7. The van der Waals surface area contributed by atoms with Crippen molar-refractivity contribution in [2.75, 3.05) is 13.2 Å². The molecule has 0 aliphatic heterocycles. The molecule has 0 fully saturated rings. The Morgan fingerprint density at radius 3 is 1.09 bits per heavy atom. The van der Waals surface area contributed by atoms with E-state index in [4.69, 9.17) is 14.2 Å². The summed E-state index contributed by atoms with van der Waals surface area (Å²) in [7, 11) is 0. The van der Waals surface area contributed by atoms with Gasteiger partial charge in [-0.2, -0.15) is 0 Å². The van der Waals surface area contributed by atoms with E-state index in [-0.39, 0.29) is 31.1 Å². The van der Waals surface area contributed by atoms with Crippen molar-refractivity contribution in [1.82, 2.24) is 0 Å². The third kappa shape index (κ3) is 42.3. The minimum Gasteiger partial charge on any atom is -0.462 e. The Bertz CT molecular complexity index is 1040. The van der Waals surface area contributed by atoms with Gasteiger partial charge in [-0.3, -0.25) is 14.4 Å². The molecule has 56 heavy (non-hydrogen) atoms. The fraction of sp³-hybridized carbons (Fsp3) is 0.740. The van der Waals surface area contributed by atoms with Crippen LogP contribution in [-0.2, 0) is 28.6 Å². The van der Waals surface area contributed by atoms with Crippen LogP contribution in [0, 0.1) is 0 Å². The largest absolute Gasteiger partial charge is 0.462 e. The molecule has 0 aromatic heterocycles. The fourth-order valence-electron chi connectivity index (χ4n) is 6.16. The molecule has 0 amide bonds. The van der Waals surface area contributed by atoms with Gasteiger partial charge in [0.25, 0.3) is 0 Å². The number of carbonyl (C=O) groups excluding carboxylic acids is 3. The van der Waals surface area contributed by atoms with Crippen LogP contribution in [0.3, 0.4) is 0 Å². The first-order valence-electron chi connectivity index (χ1n) is 23.3. The number of ether oxygens (including phenoxy) is 3. The fourth-order valence-corrected chi connectivity index (χ4v) is 6.16.